The Labute approximate surface area is 188 Å². The van der Waals surface area contributed by atoms with E-state index in [0.29, 0.717) is 19.6 Å². The minimum Gasteiger partial charge on any atom is -0.357 e. The number of rotatable bonds is 6. The zero-order valence-electron chi connectivity index (χ0n) is 18.9. The third-order valence-electron chi connectivity index (χ3n) is 5.74. The summed E-state index contributed by atoms with van der Waals surface area (Å²) in [6.07, 6.45) is 7.17. The van der Waals surface area contributed by atoms with E-state index in [1.165, 1.54) is 0 Å². The van der Waals surface area contributed by atoms with Gasteiger partial charge in [-0.1, -0.05) is 0 Å². The number of amides is 1. The molecule has 0 bridgehead atoms. The molecule has 0 atom stereocenters. The summed E-state index contributed by atoms with van der Waals surface area (Å²) in [6, 6.07) is 1.84. The highest BCUT2D eigenvalue weighted by Gasteiger charge is 2.27. The van der Waals surface area contributed by atoms with E-state index in [1.54, 1.807) is 28.2 Å². The van der Waals surface area contributed by atoms with Crippen molar-refractivity contribution in [3.05, 3.63) is 30.9 Å². The number of guanidine groups is 1. The topological polar surface area (TPSA) is 98.0 Å². The molecule has 2 aliphatic rings. The SMILES string of the molecule is CCNC(=NCCN1CCN(c2ncccn2)CC1)N1CCN(c2cnn(C)c2)C(=O)C1. The molecule has 32 heavy (non-hydrogen) atoms. The van der Waals surface area contributed by atoms with Gasteiger partial charge >= 0.3 is 0 Å². The summed E-state index contributed by atoms with van der Waals surface area (Å²) in [4.78, 5) is 34.7. The van der Waals surface area contributed by atoms with Gasteiger partial charge in [0.2, 0.25) is 11.9 Å². The lowest BCUT2D eigenvalue weighted by Crippen LogP contribution is -2.55. The molecule has 2 fully saturated rings. The lowest BCUT2D eigenvalue weighted by atomic mass is 10.3. The molecular formula is C21H32N10O. The molecule has 1 amide bonds. The first-order valence-corrected chi connectivity index (χ1v) is 11.2. The van der Waals surface area contributed by atoms with Gasteiger partial charge in [0, 0.05) is 78.0 Å². The van der Waals surface area contributed by atoms with E-state index >= 15 is 0 Å². The molecule has 11 nitrogen and oxygen atoms in total. The van der Waals surface area contributed by atoms with E-state index in [0.717, 1.165) is 63.4 Å². The number of aliphatic imine (C=N–C) groups is 1. The van der Waals surface area contributed by atoms with Gasteiger partial charge in [-0.25, -0.2) is 9.97 Å². The number of nitrogens with zero attached hydrogens (tertiary/aromatic N) is 9. The van der Waals surface area contributed by atoms with Gasteiger partial charge in [0.05, 0.1) is 18.4 Å². The Hall–Kier alpha value is -3.21. The lowest BCUT2D eigenvalue weighted by molar-refractivity contribution is -0.120. The Morgan fingerprint density at radius 2 is 1.91 bits per heavy atom. The fourth-order valence-electron chi connectivity index (χ4n) is 4.02. The average Bonchev–Trinajstić information content (AvgIpc) is 3.25. The highest BCUT2D eigenvalue weighted by atomic mass is 16.2. The predicted molar refractivity (Wildman–Crippen MR) is 124 cm³/mol. The number of aryl methyl sites for hydroxylation is 1. The smallest absolute Gasteiger partial charge is 0.246 e. The largest absolute Gasteiger partial charge is 0.357 e. The molecule has 0 unspecified atom stereocenters. The van der Waals surface area contributed by atoms with Crippen molar-refractivity contribution in [2.45, 2.75) is 6.92 Å². The maximum absolute atomic E-state index is 12.7. The molecule has 2 aromatic rings. The van der Waals surface area contributed by atoms with Crippen LogP contribution in [0.5, 0.6) is 0 Å². The van der Waals surface area contributed by atoms with Gasteiger partial charge in [0.1, 0.15) is 6.54 Å². The molecule has 11 heteroatoms. The first-order valence-electron chi connectivity index (χ1n) is 11.2. The molecule has 172 valence electrons. The fraction of sp³-hybridized carbons (Fsp3) is 0.571. The second kappa shape index (κ2) is 10.4. The maximum Gasteiger partial charge on any atom is 0.246 e. The van der Waals surface area contributed by atoms with Crippen LogP contribution >= 0.6 is 0 Å². The van der Waals surface area contributed by atoms with Crippen LogP contribution in [0.2, 0.25) is 0 Å². The highest BCUT2D eigenvalue weighted by Crippen LogP contribution is 2.16. The average molecular weight is 441 g/mol. The second-order valence-corrected chi connectivity index (χ2v) is 7.95. The lowest BCUT2D eigenvalue weighted by Gasteiger charge is -2.36. The third kappa shape index (κ3) is 5.34. The predicted octanol–water partition coefficient (Wildman–Crippen LogP) is -0.354. The summed E-state index contributed by atoms with van der Waals surface area (Å²) < 4.78 is 1.72. The minimum absolute atomic E-state index is 0.0640. The number of aromatic nitrogens is 4. The summed E-state index contributed by atoms with van der Waals surface area (Å²) >= 11 is 0. The van der Waals surface area contributed by atoms with Crippen molar-refractivity contribution in [1.82, 2.24) is 34.9 Å². The van der Waals surface area contributed by atoms with E-state index in [2.05, 4.69) is 30.2 Å². The number of carbonyl (C=O) groups is 1. The second-order valence-electron chi connectivity index (χ2n) is 7.95. The van der Waals surface area contributed by atoms with E-state index in [-0.39, 0.29) is 5.91 Å². The molecule has 4 rings (SSSR count). The summed E-state index contributed by atoms with van der Waals surface area (Å²) in [5.41, 5.74) is 0.846. The first-order chi connectivity index (χ1) is 15.6. The van der Waals surface area contributed by atoms with Gasteiger partial charge < -0.3 is 20.0 Å². The van der Waals surface area contributed by atoms with Crippen molar-refractivity contribution >= 4 is 23.5 Å². The normalized spacial score (nSPS) is 18.4. The molecule has 2 saturated heterocycles. The van der Waals surface area contributed by atoms with Gasteiger partial charge in [-0.05, 0) is 13.0 Å². The molecule has 1 N–H and O–H groups in total. The van der Waals surface area contributed by atoms with E-state index in [9.17, 15) is 4.79 Å². The van der Waals surface area contributed by atoms with Crippen molar-refractivity contribution in [3.8, 4) is 0 Å². The van der Waals surface area contributed by atoms with E-state index in [1.807, 2.05) is 31.1 Å². The molecule has 2 aromatic heterocycles. The van der Waals surface area contributed by atoms with Crippen LogP contribution in [-0.2, 0) is 11.8 Å². The Bertz CT molecular complexity index is 906. The van der Waals surface area contributed by atoms with Crippen LogP contribution in [-0.4, -0.2) is 107 Å². The Kier molecular flexibility index (Phi) is 7.15. The van der Waals surface area contributed by atoms with Crippen LogP contribution in [0.1, 0.15) is 6.92 Å². The van der Waals surface area contributed by atoms with Crippen LogP contribution in [0.25, 0.3) is 0 Å². The molecule has 0 saturated carbocycles. The number of carbonyl (C=O) groups excluding carboxylic acids is 1. The summed E-state index contributed by atoms with van der Waals surface area (Å²) in [5.74, 6) is 1.67. The van der Waals surface area contributed by atoms with Crippen LogP contribution < -0.4 is 15.1 Å². The standard InChI is InChI=1S/C21H32N10O/c1-3-22-20(30-13-14-31(19(32)17-30)18-15-26-27(2)16-18)25-7-8-28-9-11-29(12-10-28)21-23-5-4-6-24-21/h4-6,15-16H,3,7-14,17H2,1-2H3,(H,22,25). The molecule has 4 heterocycles. The van der Waals surface area contributed by atoms with E-state index < -0.39 is 0 Å². The van der Waals surface area contributed by atoms with Crippen molar-refractivity contribution in [2.75, 3.05) is 75.2 Å². The van der Waals surface area contributed by atoms with Crippen LogP contribution in [0, 0.1) is 0 Å². The number of hydrogen-bond acceptors (Lipinski definition) is 7. The highest BCUT2D eigenvalue weighted by molar-refractivity contribution is 5.98. The maximum atomic E-state index is 12.7. The first kappa shape index (κ1) is 22.0. The van der Waals surface area contributed by atoms with Crippen LogP contribution in [0.3, 0.4) is 0 Å². The molecule has 2 aliphatic heterocycles. The molecule has 0 radical (unpaired) electrons. The monoisotopic (exact) mass is 440 g/mol. The quantitative estimate of drug-likeness (QED) is 0.481. The third-order valence-corrected chi connectivity index (χ3v) is 5.74. The van der Waals surface area contributed by atoms with Crippen LogP contribution in [0.15, 0.2) is 35.8 Å². The molecular weight excluding hydrogens is 408 g/mol. The van der Waals surface area contributed by atoms with Crippen molar-refractivity contribution < 1.29 is 4.79 Å². The van der Waals surface area contributed by atoms with E-state index in [4.69, 9.17) is 4.99 Å². The summed E-state index contributed by atoms with van der Waals surface area (Å²) in [5, 5.41) is 7.52. The Balaban J connectivity index is 1.27. The molecule has 0 aliphatic carbocycles. The van der Waals surface area contributed by atoms with Crippen LogP contribution in [0.4, 0.5) is 11.6 Å². The molecule has 0 spiro atoms. The zero-order valence-corrected chi connectivity index (χ0v) is 18.9. The fourth-order valence-corrected chi connectivity index (χ4v) is 4.02. The van der Waals surface area contributed by atoms with Gasteiger partial charge in [-0.3, -0.25) is 19.4 Å². The van der Waals surface area contributed by atoms with Crippen molar-refractivity contribution in [3.63, 3.8) is 0 Å². The minimum atomic E-state index is 0.0640. The van der Waals surface area contributed by atoms with Gasteiger partial charge in [-0.15, -0.1) is 0 Å². The van der Waals surface area contributed by atoms with Crippen molar-refractivity contribution in [1.29, 1.82) is 0 Å². The van der Waals surface area contributed by atoms with Gasteiger partial charge in [0.15, 0.2) is 5.96 Å². The van der Waals surface area contributed by atoms with Gasteiger partial charge in [-0.2, -0.15) is 5.10 Å². The molecule has 0 aromatic carbocycles. The number of anilines is 2. The zero-order chi connectivity index (χ0) is 22.3. The van der Waals surface area contributed by atoms with Crippen molar-refractivity contribution in [2.24, 2.45) is 12.0 Å². The summed E-state index contributed by atoms with van der Waals surface area (Å²) in [7, 11) is 1.86. The number of nitrogens with one attached hydrogen (secondary N) is 1. The number of hydrogen-bond donors (Lipinski definition) is 1. The number of piperazine rings is 2. The van der Waals surface area contributed by atoms with Gasteiger partial charge in [0.25, 0.3) is 0 Å². The Morgan fingerprint density at radius 3 is 2.56 bits per heavy atom. The Morgan fingerprint density at radius 1 is 1.12 bits per heavy atom. The summed E-state index contributed by atoms with van der Waals surface area (Å²) in [6.45, 7) is 9.84.